The van der Waals surface area contributed by atoms with Crippen LogP contribution in [-0.4, -0.2) is 28.8 Å². The SMILES string of the molecule is CC(C)NC(=O)C(Cc1ccccc1)N(Cc1ccc(F)cc1)C(=O)CCc1ccc(C(C)(C)C)cc1. The zero-order valence-electron chi connectivity index (χ0n) is 22.6. The van der Waals surface area contributed by atoms with E-state index in [9.17, 15) is 14.0 Å². The maximum absolute atomic E-state index is 13.7. The third kappa shape index (κ3) is 8.56. The Hall–Kier alpha value is -3.47. The topological polar surface area (TPSA) is 49.4 Å². The standard InChI is InChI=1S/C32H39FN2O2/c1-23(2)34-31(37)29(21-25-9-7-6-8-10-25)35(22-26-13-18-28(33)19-14-26)30(36)20-15-24-11-16-27(17-12-24)32(3,4)5/h6-14,16-19,23,29H,15,20-22H2,1-5H3,(H,34,37). The Morgan fingerprint density at radius 2 is 1.43 bits per heavy atom. The average molecular weight is 503 g/mol. The fourth-order valence-electron chi connectivity index (χ4n) is 4.29. The number of carbonyl (C=O) groups is 2. The van der Waals surface area contributed by atoms with Crippen molar-refractivity contribution in [1.29, 1.82) is 0 Å². The van der Waals surface area contributed by atoms with E-state index in [4.69, 9.17) is 0 Å². The van der Waals surface area contributed by atoms with Crippen LogP contribution in [0.1, 0.15) is 63.3 Å². The number of aryl methyl sites for hydroxylation is 1. The Labute approximate surface area is 220 Å². The van der Waals surface area contributed by atoms with Crippen LogP contribution in [0.25, 0.3) is 0 Å². The highest BCUT2D eigenvalue weighted by Crippen LogP contribution is 2.23. The fraction of sp³-hybridized carbons (Fsp3) is 0.375. The van der Waals surface area contributed by atoms with Crippen LogP contribution in [0.15, 0.2) is 78.9 Å². The van der Waals surface area contributed by atoms with E-state index in [1.54, 1.807) is 17.0 Å². The van der Waals surface area contributed by atoms with Crippen LogP contribution in [0, 0.1) is 5.82 Å². The summed E-state index contributed by atoms with van der Waals surface area (Å²) in [4.78, 5) is 28.8. The number of hydrogen-bond donors (Lipinski definition) is 1. The van der Waals surface area contributed by atoms with Crippen molar-refractivity contribution in [3.8, 4) is 0 Å². The average Bonchev–Trinajstić information content (AvgIpc) is 2.85. The van der Waals surface area contributed by atoms with Gasteiger partial charge in [0.1, 0.15) is 11.9 Å². The molecule has 0 aliphatic rings. The Balaban J connectivity index is 1.87. The molecule has 0 spiro atoms. The van der Waals surface area contributed by atoms with E-state index >= 15 is 0 Å². The number of nitrogens with zero attached hydrogens (tertiary/aromatic N) is 1. The summed E-state index contributed by atoms with van der Waals surface area (Å²) >= 11 is 0. The Morgan fingerprint density at radius 1 is 0.838 bits per heavy atom. The molecule has 0 saturated carbocycles. The molecule has 3 rings (SSSR count). The van der Waals surface area contributed by atoms with Gasteiger partial charge < -0.3 is 10.2 Å². The van der Waals surface area contributed by atoms with E-state index < -0.39 is 6.04 Å². The summed E-state index contributed by atoms with van der Waals surface area (Å²) in [7, 11) is 0. The molecule has 1 N–H and O–H groups in total. The van der Waals surface area contributed by atoms with E-state index in [2.05, 4.69) is 50.4 Å². The zero-order chi connectivity index (χ0) is 27.0. The molecule has 1 unspecified atom stereocenters. The monoisotopic (exact) mass is 502 g/mol. The molecule has 0 fully saturated rings. The van der Waals surface area contributed by atoms with E-state index in [1.165, 1.54) is 17.7 Å². The summed E-state index contributed by atoms with van der Waals surface area (Å²) in [6.45, 7) is 10.6. The van der Waals surface area contributed by atoms with Crippen LogP contribution in [0.4, 0.5) is 4.39 Å². The van der Waals surface area contributed by atoms with E-state index in [-0.39, 0.29) is 42.1 Å². The second-order valence-corrected chi connectivity index (χ2v) is 11.0. The summed E-state index contributed by atoms with van der Waals surface area (Å²) in [5, 5.41) is 2.99. The lowest BCUT2D eigenvalue weighted by molar-refractivity contribution is -0.141. The molecular weight excluding hydrogens is 463 g/mol. The number of carbonyl (C=O) groups excluding carboxylic acids is 2. The molecule has 5 heteroatoms. The van der Waals surface area contributed by atoms with Crippen LogP contribution < -0.4 is 5.32 Å². The highest BCUT2D eigenvalue weighted by molar-refractivity contribution is 5.88. The molecule has 1 atom stereocenters. The van der Waals surface area contributed by atoms with Gasteiger partial charge in [-0.2, -0.15) is 0 Å². The van der Waals surface area contributed by atoms with Gasteiger partial charge in [0.05, 0.1) is 0 Å². The molecule has 0 aromatic heterocycles. The molecule has 0 heterocycles. The van der Waals surface area contributed by atoms with Gasteiger partial charge in [-0.3, -0.25) is 9.59 Å². The molecule has 196 valence electrons. The predicted octanol–water partition coefficient (Wildman–Crippen LogP) is 6.22. The first-order valence-corrected chi connectivity index (χ1v) is 13.0. The summed E-state index contributed by atoms with van der Waals surface area (Å²) < 4.78 is 13.6. The minimum Gasteiger partial charge on any atom is -0.352 e. The molecule has 4 nitrogen and oxygen atoms in total. The number of benzene rings is 3. The van der Waals surface area contributed by atoms with E-state index in [0.29, 0.717) is 12.8 Å². The third-order valence-corrected chi connectivity index (χ3v) is 6.42. The van der Waals surface area contributed by atoms with Crippen molar-refractivity contribution in [3.05, 3.63) is 107 Å². The summed E-state index contributed by atoms with van der Waals surface area (Å²) in [6, 6.07) is 23.5. The van der Waals surface area contributed by atoms with Crippen molar-refractivity contribution in [2.75, 3.05) is 0 Å². The third-order valence-electron chi connectivity index (χ3n) is 6.42. The van der Waals surface area contributed by atoms with Gasteiger partial charge in [-0.1, -0.05) is 87.5 Å². The number of rotatable bonds is 10. The van der Waals surface area contributed by atoms with Gasteiger partial charge in [-0.25, -0.2) is 4.39 Å². The van der Waals surface area contributed by atoms with Gasteiger partial charge in [-0.05, 0) is 60.1 Å². The number of nitrogens with one attached hydrogen (secondary N) is 1. The molecular formula is C32H39FN2O2. The second kappa shape index (κ2) is 12.7. The van der Waals surface area contributed by atoms with Crippen LogP contribution in [0.3, 0.4) is 0 Å². The molecule has 0 aliphatic heterocycles. The van der Waals surface area contributed by atoms with Crippen molar-refractivity contribution in [2.24, 2.45) is 0 Å². The molecule has 3 aromatic carbocycles. The normalized spacial score (nSPS) is 12.3. The van der Waals surface area contributed by atoms with Crippen LogP contribution in [-0.2, 0) is 34.4 Å². The minimum atomic E-state index is -0.689. The Kier molecular flexibility index (Phi) is 9.62. The van der Waals surface area contributed by atoms with Crippen molar-refractivity contribution in [3.63, 3.8) is 0 Å². The van der Waals surface area contributed by atoms with Gasteiger partial charge in [0.25, 0.3) is 0 Å². The first kappa shape index (κ1) is 28.1. The first-order chi connectivity index (χ1) is 17.5. The Morgan fingerprint density at radius 3 is 2.00 bits per heavy atom. The van der Waals surface area contributed by atoms with E-state index in [0.717, 1.165) is 16.7 Å². The molecule has 2 amide bonds. The lowest BCUT2D eigenvalue weighted by Gasteiger charge is -2.32. The first-order valence-electron chi connectivity index (χ1n) is 13.0. The van der Waals surface area contributed by atoms with Crippen molar-refractivity contribution in [2.45, 2.75) is 77.9 Å². The summed E-state index contributed by atoms with van der Waals surface area (Å²) in [5.41, 5.74) is 4.14. The van der Waals surface area contributed by atoms with Gasteiger partial charge in [0.15, 0.2) is 0 Å². The van der Waals surface area contributed by atoms with Crippen LogP contribution in [0.5, 0.6) is 0 Å². The van der Waals surface area contributed by atoms with Crippen LogP contribution >= 0.6 is 0 Å². The Bertz CT molecular complexity index is 1150. The van der Waals surface area contributed by atoms with Gasteiger partial charge in [0.2, 0.25) is 11.8 Å². The van der Waals surface area contributed by atoms with Gasteiger partial charge >= 0.3 is 0 Å². The smallest absolute Gasteiger partial charge is 0.243 e. The minimum absolute atomic E-state index is 0.0603. The van der Waals surface area contributed by atoms with E-state index in [1.807, 2.05) is 44.2 Å². The highest BCUT2D eigenvalue weighted by Gasteiger charge is 2.30. The predicted molar refractivity (Wildman–Crippen MR) is 148 cm³/mol. The highest BCUT2D eigenvalue weighted by atomic mass is 19.1. The fourth-order valence-corrected chi connectivity index (χ4v) is 4.29. The lowest BCUT2D eigenvalue weighted by atomic mass is 9.86. The maximum atomic E-state index is 13.7. The number of halogens is 1. The molecule has 37 heavy (non-hydrogen) atoms. The van der Waals surface area contributed by atoms with Crippen molar-refractivity contribution in [1.82, 2.24) is 10.2 Å². The van der Waals surface area contributed by atoms with Crippen molar-refractivity contribution >= 4 is 11.8 Å². The maximum Gasteiger partial charge on any atom is 0.243 e. The molecule has 3 aromatic rings. The number of amides is 2. The summed E-state index contributed by atoms with van der Waals surface area (Å²) in [6.07, 6.45) is 1.25. The van der Waals surface area contributed by atoms with Gasteiger partial charge in [0, 0.05) is 25.4 Å². The largest absolute Gasteiger partial charge is 0.352 e. The molecule has 0 aliphatic carbocycles. The van der Waals surface area contributed by atoms with Crippen molar-refractivity contribution < 1.29 is 14.0 Å². The quantitative estimate of drug-likeness (QED) is 0.358. The second-order valence-electron chi connectivity index (χ2n) is 11.0. The molecule has 0 bridgehead atoms. The summed E-state index contributed by atoms with van der Waals surface area (Å²) in [5.74, 6) is -0.633. The van der Waals surface area contributed by atoms with Gasteiger partial charge in [-0.15, -0.1) is 0 Å². The lowest BCUT2D eigenvalue weighted by Crippen LogP contribution is -2.51. The van der Waals surface area contributed by atoms with Crippen LogP contribution in [0.2, 0.25) is 0 Å². The zero-order valence-corrected chi connectivity index (χ0v) is 22.6. The molecule has 0 radical (unpaired) electrons. The number of hydrogen-bond acceptors (Lipinski definition) is 2. The molecule has 0 saturated heterocycles.